The van der Waals surface area contributed by atoms with Crippen molar-refractivity contribution in [3.8, 4) is 11.4 Å². The summed E-state index contributed by atoms with van der Waals surface area (Å²) < 4.78 is 34.5. The second-order valence-corrected chi connectivity index (χ2v) is 8.87. The minimum Gasteiger partial charge on any atom is -0.497 e. The van der Waals surface area contributed by atoms with Crippen LogP contribution < -0.4 is 15.0 Å². The highest BCUT2D eigenvalue weighted by molar-refractivity contribution is 7.89. The van der Waals surface area contributed by atoms with E-state index in [1.807, 2.05) is 0 Å². The zero-order valence-corrected chi connectivity index (χ0v) is 18.0. The SMILES string of the molecule is COc1ccc(-n2c(CNS(=O)(=O)c3ccc(Cl)cc3)nc3ccccc3c2=O)cc1. The van der Waals surface area contributed by atoms with E-state index in [4.69, 9.17) is 16.3 Å². The highest BCUT2D eigenvalue weighted by atomic mass is 35.5. The number of sulfonamides is 1. The van der Waals surface area contributed by atoms with E-state index in [2.05, 4.69) is 9.71 Å². The number of hydrogen-bond donors (Lipinski definition) is 1. The highest BCUT2D eigenvalue weighted by Gasteiger charge is 2.18. The Balaban J connectivity index is 1.78. The highest BCUT2D eigenvalue weighted by Crippen LogP contribution is 2.18. The Morgan fingerprint density at radius 3 is 2.35 bits per heavy atom. The van der Waals surface area contributed by atoms with E-state index in [1.165, 1.54) is 28.8 Å². The van der Waals surface area contributed by atoms with Gasteiger partial charge in [0.1, 0.15) is 11.6 Å². The van der Waals surface area contributed by atoms with Crippen molar-refractivity contribution >= 4 is 32.5 Å². The first-order valence-corrected chi connectivity index (χ1v) is 11.2. The Hall–Kier alpha value is -3.20. The molecule has 4 rings (SSSR count). The van der Waals surface area contributed by atoms with E-state index < -0.39 is 10.0 Å². The van der Waals surface area contributed by atoms with Crippen LogP contribution in [0.1, 0.15) is 5.82 Å². The maximum Gasteiger partial charge on any atom is 0.266 e. The van der Waals surface area contributed by atoms with Crippen molar-refractivity contribution in [2.45, 2.75) is 11.4 Å². The summed E-state index contributed by atoms with van der Waals surface area (Å²) in [5, 5.41) is 0.867. The first kappa shape index (κ1) is 21.0. The third-order valence-corrected chi connectivity index (χ3v) is 6.39. The molecular weight excluding hydrogens is 438 g/mol. The number of methoxy groups -OCH3 is 1. The van der Waals surface area contributed by atoms with Crippen LogP contribution in [0.3, 0.4) is 0 Å². The molecule has 4 aromatic rings. The topological polar surface area (TPSA) is 90.3 Å². The van der Waals surface area contributed by atoms with Crippen molar-refractivity contribution in [2.24, 2.45) is 0 Å². The van der Waals surface area contributed by atoms with Crippen molar-refractivity contribution in [1.29, 1.82) is 0 Å². The third kappa shape index (κ3) is 4.32. The third-order valence-electron chi connectivity index (χ3n) is 4.72. The fourth-order valence-electron chi connectivity index (χ4n) is 3.15. The molecule has 0 unspecified atom stereocenters. The first-order valence-electron chi connectivity index (χ1n) is 9.29. The molecule has 31 heavy (non-hydrogen) atoms. The summed E-state index contributed by atoms with van der Waals surface area (Å²) >= 11 is 5.85. The van der Waals surface area contributed by atoms with Crippen LogP contribution in [0.5, 0.6) is 5.75 Å². The van der Waals surface area contributed by atoms with E-state index in [-0.39, 0.29) is 22.8 Å². The molecule has 0 aliphatic carbocycles. The van der Waals surface area contributed by atoms with Gasteiger partial charge in [-0.05, 0) is 60.7 Å². The van der Waals surface area contributed by atoms with Gasteiger partial charge in [-0.25, -0.2) is 18.1 Å². The number of rotatable bonds is 6. The van der Waals surface area contributed by atoms with E-state index in [9.17, 15) is 13.2 Å². The summed E-state index contributed by atoms with van der Waals surface area (Å²) in [7, 11) is -2.28. The molecule has 1 aromatic heterocycles. The van der Waals surface area contributed by atoms with Gasteiger partial charge in [0.15, 0.2) is 0 Å². The van der Waals surface area contributed by atoms with Crippen LogP contribution in [0.2, 0.25) is 5.02 Å². The lowest BCUT2D eigenvalue weighted by molar-refractivity contribution is 0.414. The number of nitrogens with one attached hydrogen (secondary N) is 1. The summed E-state index contributed by atoms with van der Waals surface area (Å²) in [5.41, 5.74) is 0.735. The van der Waals surface area contributed by atoms with Gasteiger partial charge in [0.25, 0.3) is 5.56 Å². The van der Waals surface area contributed by atoms with E-state index >= 15 is 0 Å². The molecule has 0 saturated carbocycles. The molecule has 0 fully saturated rings. The largest absolute Gasteiger partial charge is 0.497 e. The maximum absolute atomic E-state index is 13.2. The molecule has 0 saturated heterocycles. The molecule has 0 amide bonds. The van der Waals surface area contributed by atoms with Crippen molar-refractivity contribution in [1.82, 2.24) is 14.3 Å². The number of nitrogens with zero attached hydrogens (tertiary/aromatic N) is 2. The van der Waals surface area contributed by atoms with Gasteiger partial charge < -0.3 is 4.74 Å². The molecule has 0 spiro atoms. The average Bonchev–Trinajstić information content (AvgIpc) is 2.78. The molecule has 0 radical (unpaired) electrons. The minimum absolute atomic E-state index is 0.0658. The number of fused-ring (bicyclic) bond motifs is 1. The van der Waals surface area contributed by atoms with Gasteiger partial charge in [0, 0.05) is 5.02 Å². The minimum atomic E-state index is -3.83. The van der Waals surface area contributed by atoms with E-state index in [0.29, 0.717) is 27.4 Å². The summed E-state index contributed by atoms with van der Waals surface area (Å²) in [6, 6.07) is 19.6. The van der Waals surface area contributed by atoms with Gasteiger partial charge in [-0.1, -0.05) is 23.7 Å². The van der Waals surface area contributed by atoms with Crippen LogP contribution in [0, 0.1) is 0 Å². The summed E-state index contributed by atoms with van der Waals surface area (Å²) in [6.45, 7) is -0.183. The predicted octanol–water partition coefficient (Wildman–Crippen LogP) is 3.53. The molecule has 0 aliphatic heterocycles. The Morgan fingerprint density at radius 2 is 1.68 bits per heavy atom. The van der Waals surface area contributed by atoms with Crippen LogP contribution in [-0.2, 0) is 16.6 Å². The monoisotopic (exact) mass is 455 g/mol. The van der Waals surface area contributed by atoms with Crippen LogP contribution >= 0.6 is 11.6 Å². The normalized spacial score (nSPS) is 11.5. The lowest BCUT2D eigenvalue weighted by atomic mass is 10.2. The zero-order chi connectivity index (χ0) is 22.0. The predicted molar refractivity (Wildman–Crippen MR) is 119 cm³/mol. The lowest BCUT2D eigenvalue weighted by Crippen LogP contribution is -2.30. The molecule has 7 nitrogen and oxygen atoms in total. The molecular formula is C22H18ClN3O4S. The molecule has 0 atom stereocenters. The quantitative estimate of drug-likeness (QED) is 0.480. The van der Waals surface area contributed by atoms with Crippen molar-refractivity contribution in [2.75, 3.05) is 7.11 Å². The Bertz CT molecular complexity index is 1400. The van der Waals surface area contributed by atoms with E-state index in [1.54, 1.807) is 55.6 Å². The summed E-state index contributed by atoms with van der Waals surface area (Å²) in [4.78, 5) is 17.9. The van der Waals surface area contributed by atoms with Gasteiger partial charge in [0.2, 0.25) is 10.0 Å². The van der Waals surface area contributed by atoms with Gasteiger partial charge in [-0.15, -0.1) is 0 Å². The Labute approximate surface area is 183 Å². The number of hydrogen-bond acceptors (Lipinski definition) is 5. The zero-order valence-electron chi connectivity index (χ0n) is 16.4. The van der Waals surface area contributed by atoms with Gasteiger partial charge >= 0.3 is 0 Å². The molecule has 9 heteroatoms. The van der Waals surface area contributed by atoms with Crippen LogP contribution in [0.15, 0.2) is 82.5 Å². The van der Waals surface area contributed by atoms with Crippen LogP contribution in [0.4, 0.5) is 0 Å². The van der Waals surface area contributed by atoms with Crippen molar-refractivity contribution in [3.05, 3.63) is 94.0 Å². The Morgan fingerprint density at radius 1 is 1.00 bits per heavy atom. The number of para-hydroxylation sites is 1. The van der Waals surface area contributed by atoms with Gasteiger partial charge in [-0.3, -0.25) is 9.36 Å². The van der Waals surface area contributed by atoms with Gasteiger partial charge in [0.05, 0.1) is 35.1 Å². The van der Waals surface area contributed by atoms with Crippen LogP contribution in [0.25, 0.3) is 16.6 Å². The molecule has 1 heterocycles. The fourth-order valence-corrected chi connectivity index (χ4v) is 4.26. The molecule has 158 valence electrons. The molecule has 0 aliphatic rings. The van der Waals surface area contributed by atoms with E-state index in [0.717, 1.165) is 0 Å². The van der Waals surface area contributed by atoms with Crippen molar-refractivity contribution < 1.29 is 13.2 Å². The van der Waals surface area contributed by atoms with Gasteiger partial charge in [-0.2, -0.15) is 0 Å². The number of aromatic nitrogens is 2. The van der Waals surface area contributed by atoms with Crippen LogP contribution in [-0.4, -0.2) is 25.1 Å². The average molecular weight is 456 g/mol. The second-order valence-electron chi connectivity index (χ2n) is 6.66. The number of halogens is 1. The second kappa shape index (κ2) is 8.50. The fraction of sp³-hybridized carbons (Fsp3) is 0.0909. The number of benzene rings is 3. The first-order chi connectivity index (χ1) is 14.9. The summed E-state index contributed by atoms with van der Waals surface area (Å²) in [6.07, 6.45) is 0. The molecule has 0 bridgehead atoms. The maximum atomic E-state index is 13.2. The smallest absolute Gasteiger partial charge is 0.266 e. The number of ether oxygens (including phenoxy) is 1. The molecule has 3 aromatic carbocycles. The van der Waals surface area contributed by atoms with Crippen molar-refractivity contribution in [3.63, 3.8) is 0 Å². The summed E-state index contributed by atoms with van der Waals surface area (Å²) in [5.74, 6) is 0.891. The lowest BCUT2D eigenvalue weighted by Gasteiger charge is -2.15. The standard InChI is InChI=1S/C22H18ClN3O4S/c1-30-17-10-8-16(9-11-17)26-21(25-20-5-3-2-4-19(20)22(26)27)14-24-31(28,29)18-12-6-15(23)7-13-18/h2-13,24H,14H2,1H3. The molecule has 1 N–H and O–H groups in total. The Kier molecular flexibility index (Phi) is 5.77.